The van der Waals surface area contributed by atoms with Crippen molar-refractivity contribution in [3.63, 3.8) is 0 Å². The van der Waals surface area contributed by atoms with Crippen LogP contribution in [0.2, 0.25) is 0 Å². The molecule has 0 atom stereocenters. The zero-order valence-electron chi connectivity index (χ0n) is 19.6. The third-order valence-corrected chi connectivity index (χ3v) is 6.19. The van der Waals surface area contributed by atoms with Gasteiger partial charge in [0.25, 0.3) is 0 Å². The fraction of sp³-hybridized carbons (Fsp3) is 0.167. The number of hydrogen-bond donors (Lipinski definition) is 5. The summed E-state index contributed by atoms with van der Waals surface area (Å²) in [5.74, 6) is -0.957. The van der Waals surface area contributed by atoms with Crippen molar-refractivity contribution in [2.75, 3.05) is 24.7 Å². The van der Waals surface area contributed by atoms with Crippen molar-refractivity contribution in [2.45, 2.75) is 11.3 Å². The maximum absolute atomic E-state index is 12.2. The number of phenolic OH excluding ortho intramolecular Hbond substituents is 1. The van der Waals surface area contributed by atoms with Gasteiger partial charge < -0.3 is 26.0 Å². The molecule has 0 spiro atoms. The van der Waals surface area contributed by atoms with Crippen LogP contribution in [0, 0.1) is 5.41 Å². The Hall–Kier alpha value is -4.23. The fourth-order valence-electron chi connectivity index (χ4n) is 3.41. The number of carboxylic acids is 1. The Morgan fingerprint density at radius 1 is 1.11 bits per heavy atom. The topological polar surface area (TPSA) is 197 Å². The SMILES string of the molecule is CS(=O)(=O)c1ccccc1-c1ccc(CCNc2cc(C(=N)N)ccc2O)c(OCC(=O)O)c1.O=S=O. The molecule has 0 heterocycles. The molecule has 0 bridgehead atoms. The fourth-order valence-corrected chi connectivity index (χ4v) is 4.32. The van der Waals surface area contributed by atoms with Gasteiger partial charge in [-0.3, -0.25) is 5.41 Å². The Morgan fingerprint density at radius 3 is 2.41 bits per heavy atom. The predicted molar refractivity (Wildman–Crippen MR) is 138 cm³/mol. The molecule has 0 aliphatic carbocycles. The van der Waals surface area contributed by atoms with Gasteiger partial charge in [0.15, 0.2) is 16.4 Å². The van der Waals surface area contributed by atoms with Crippen molar-refractivity contribution >= 4 is 38.9 Å². The molecule has 3 aromatic rings. The molecular formula is C24H25N3O8S2. The standard InChI is InChI=1S/C24H25N3O6S.O2S/c1-34(31,32)22-5-3-2-4-18(22)16-7-6-15(21(13-16)33-14-23(29)30)10-11-27-19-12-17(24(25)26)8-9-20(19)28;1-3-2/h2-9,12-13,27-28H,10-11,14H2,1H3,(H3,25,26)(H,29,30);. The zero-order valence-corrected chi connectivity index (χ0v) is 21.3. The van der Waals surface area contributed by atoms with E-state index < -0.39 is 34.0 Å². The number of hydrogen-bond acceptors (Lipinski definition) is 9. The first kappa shape index (κ1) is 29.0. The highest BCUT2D eigenvalue weighted by molar-refractivity contribution is 7.90. The van der Waals surface area contributed by atoms with E-state index in [-0.39, 0.29) is 16.5 Å². The lowest BCUT2D eigenvalue weighted by Crippen LogP contribution is -2.13. The zero-order chi connectivity index (χ0) is 27.6. The Labute approximate surface area is 216 Å². The van der Waals surface area contributed by atoms with Crippen molar-refractivity contribution in [1.29, 1.82) is 5.41 Å². The Kier molecular flexibility index (Phi) is 10.3. The van der Waals surface area contributed by atoms with Crippen LogP contribution in [0.1, 0.15) is 11.1 Å². The number of amidine groups is 1. The summed E-state index contributed by atoms with van der Waals surface area (Å²) < 4.78 is 46.5. The number of carboxylic acid groups (broad SMARTS) is 1. The second kappa shape index (κ2) is 13.2. The molecule has 3 rings (SSSR count). The number of rotatable bonds is 10. The molecule has 0 unspecified atom stereocenters. The third-order valence-electron chi connectivity index (χ3n) is 5.03. The first-order valence-electron chi connectivity index (χ1n) is 10.6. The van der Waals surface area contributed by atoms with Gasteiger partial charge in [-0.2, -0.15) is 8.42 Å². The summed E-state index contributed by atoms with van der Waals surface area (Å²) in [6, 6.07) is 16.2. The van der Waals surface area contributed by atoms with E-state index in [0.29, 0.717) is 46.7 Å². The molecule has 196 valence electrons. The molecule has 13 heteroatoms. The van der Waals surface area contributed by atoms with Gasteiger partial charge >= 0.3 is 17.5 Å². The predicted octanol–water partition coefficient (Wildman–Crippen LogP) is 2.19. The molecule has 0 fully saturated rings. The summed E-state index contributed by atoms with van der Waals surface area (Å²) in [6.45, 7) is -0.198. The minimum atomic E-state index is -3.48. The summed E-state index contributed by atoms with van der Waals surface area (Å²) in [7, 11) is -3.48. The number of aromatic hydroxyl groups is 1. The minimum absolute atomic E-state index is 0.0000746. The summed E-state index contributed by atoms with van der Waals surface area (Å²) in [5, 5.41) is 29.7. The molecule has 0 aliphatic rings. The second-order valence-corrected chi connectivity index (χ2v) is 9.78. The number of anilines is 1. The van der Waals surface area contributed by atoms with Crippen LogP contribution in [0.25, 0.3) is 11.1 Å². The van der Waals surface area contributed by atoms with E-state index in [9.17, 15) is 18.3 Å². The van der Waals surface area contributed by atoms with Crippen LogP contribution in [-0.2, 0) is 32.6 Å². The molecule has 0 aliphatic heterocycles. The lowest BCUT2D eigenvalue weighted by atomic mass is 10.0. The molecule has 0 saturated carbocycles. The number of aliphatic carboxylic acids is 1. The molecule has 37 heavy (non-hydrogen) atoms. The number of nitrogen functional groups attached to an aromatic ring is 1. The highest BCUT2D eigenvalue weighted by Gasteiger charge is 2.16. The Morgan fingerprint density at radius 2 is 1.78 bits per heavy atom. The average Bonchev–Trinajstić information content (AvgIpc) is 2.84. The van der Waals surface area contributed by atoms with Gasteiger partial charge in [-0.05, 0) is 47.9 Å². The molecule has 0 radical (unpaired) electrons. The quantitative estimate of drug-likeness (QED) is 0.142. The van der Waals surface area contributed by atoms with Crippen molar-refractivity contribution < 1.29 is 36.6 Å². The molecule has 3 aromatic carbocycles. The van der Waals surface area contributed by atoms with E-state index in [4.69, 9.17) is 29.4 Å². The lowest BCUT2D eigenvalue weighted by molar-refractivity contribution is -0.139. The van der Waals surface area contributed by atoms with Gasteiger partial charge in [0.05, 0.1) is 10.6 Å². The van der Waals surface area contributed by atoms with Gasteiger partial charge in [-0.1, -0.05) is 30.3 Å². The van der Waals surface area contributed by atoms with Gasteiger partial charge in [-0.25, -0.2) is 13.2 Å². The van der Waals surface area contributed by atoms with Crippen molar-refractivity contribution in [2.24, 2.45) is 5.73 Å². The number of nitrogens with two attached hydrogens (primary N) is 1. The van der Waals surface area contributed by atoms with Gasteiger partial charge in [0, 0.05) is 23.9 Å². The van der Waals surface area contributed by atoms with E-state index in [2.05, 4.69) is 5.32 Å². The second-order valence-electron chi connectivity index (χ2n) is 7.66. The molecule has 0 saturated heterocycles. The highest BCUT2D eigenvalue weighted by atomic mass is 32.2. The molecule has 0 amide bonds. The Bertz CT molecular complexity index is 1440. The first-order chi connectivity index (χ1) is 17.5. The molecule has 0 aromatic heterocycles. The maximum Gasteiger partial charge on any atom is 0.341 e. The van der Waals surface area contributed by atoms with E-state index in [1.165, 1.54) is 18.2 Å². The lowest BCUT2D eigenvalue weighted by Gasteiger charge is -2.15. The van der Waals surface area contributed by atoms with Crippen LogP contribution in [0.3, 0.4) is 0 Å². The number of benzene rings is 3. The highest BCUT2D eigenvalue weighted by Crippen LogP contribution is 2.32. The van der Waals surface area contributed by atoms with Crippen LogP contribution in [0.4, 0.5) is 5.69 Å². The summed E-state index contributed by atoms with van der Waals surface area (Å²) in [5.41, 5.74) is 8.11. The van der Waals surface area contributed by atoms with Crippen LogP contribution in [-0.4, -0.2) is 58.3 Å². The molecule has 6 N–H and O–H groups in total. The number of ether oxygens (including phenoxy) is 1. The van der Waals surface area contributed by atoms with Gasteiger partial charge in [0.1, 0.15) is 17.3 Å². The number of nitrogens with one attached hydrogen (secondary N) is 2. The van der Waals surface area contributed by atoms with E-state index in [1.807, 2.05) is 0 Å². The summed E-state index contributed by atoms with van der Waals surface area (Å²) >= 11 is -0.750. The number of sulfone groups is 1. The van der Waals surface area contributed by atoms with Gasteiger partial charge in [-0.15, -0.1) is 0 Å². The van der Waals surface area contributed by atoms with Crippen molar-refractivity contribution in [3.05, 3.63) is 71.8 Å². The average molecular weight is 548 g/mol. The van der Waals surface area contributed by atoms with E-state index in [1.54, 1.807) is 42.5 Å². The van der Waals surface area contributed by atoms with Crippen LogP contribution in [0.5, 0.6) is 11.5 Å². The number of phenols is 1. The van der Waals surface area contributed by atoms with Crippen molar-refractivity contribution in [3.8, 4) is 22.6 Å². The van der Waals surface area contributed by atoms with E-state index in [0.717, 1.165) is 6.26 Å². The van der Waals surface area contributed by atoms with Crippen molar-refractivity contribution in [1.82, 2.24) is 0 Å². The van der Waals surface area contributed by atoms with E-state index >= 15 is 0 Å². The molecular weight excluding hydrogens is 522 g/mol. The maximum atomic E-state index is 12.2. The minimum Gasteiger partial charge on any atom is -0.506 e. The number of carbonyl (C=O) groups is 1. The first-order valence-corrected chi connectivity index (χ1v) is 13.1. The van der Waals surface area contributed by atoms with Crippen LogP contribution < -0.4 is 15.8 Å². The monoisotopic (exact) mass is 547 g/mol. The Balaban J connectivity index is 0.00000153. The molecule has 11 nitrogen and oxygen atoms in total. The third kappa shape index (κ3) is 8.44. The van der Waals surface area contributed by atoms with Gasteiger partial charge in [0.2, 0.25) is 0 Å². The summed E-state index contributed by atoms with van der Waals surface area (Å²) in [4.78, 5) is 11.2. The summed E-state index contributed by atoms with van der Waals surface area (Å²) in [6.07, 6.45) is 1.54. The van der Waals surface area contributed by atoms with Crippen LogP contribution in [0.15, 0.2) is 65.6 Å². The van der Waals surface area contributed by atoms with Crippen LogP contribution >= 0.6 is 0 Å². The smallest absolute Gasteiger partial charge is 0.341 e. The largest absolute Gasteiger partial charge is 0.506 e. The normalized spacial score (nSPS) is 10.5.